The molecule has 3 atom stereocenters. The number of aliphatic carboxylic acids is 1. The van der Waals surface area contributed by atoms with Crippen molar-refractivity contribution in [1.29, 1.82) is 5.26 Å². The zero-order valence-electron chi connectivity index (χ0n) is 30.4. The summed E-state index contributed by atoms with van der Waals surface area (Å²) in [6, 6.07) is 19.0. The molecule has 2 N–H and O–H groups in total. The van der Waals surface area contributed by atoms with Crippen LogP contribution < -0.4 is 18.9 Å². The smallest absolute Gasteiger partial charge is 0.320 e. The summed E-state index contributed by atoms with van der Waals surface area (Å²) in [6.07, 6.45) is 6.86. The van der Waals surface area contributed by atoms with E-state index in [1.165, 1.54) is 6.20 Å². The minimum Gasteiger partial charge on any atom is -0.488 e. The summed E-state index contributed by atoms with van der Waals surface area (Å²) in [4.78, 5) is 20.4. The van der Waals surface area contributed by atoms with E-state index in [0.717, 1.165) is 83.7 Å². The van der Waals surface area contributed by atoms with Gasteiger partial charge in [0.2, 0.25) is 0 Å². The van der Waals surface area contributed by atoms with Crippen LogP contribution in [0.1, 0.15) is 59.9 Å². The highest BCUT2D eigenvalue weighted by Gasteiger charge is 2.30. The highest BCUT2D eigenvalue weighted by Crippen LogP contribution is 2.39. The Bertz CT molecular complexity index is 2020. The van der Waals surface area contributed by atoms with Crippen LogP contribution in [0.4, 0.5) is 0 Å². The number of likely N-dealkylation sites (tertiary alicyclic amines) is 2. The lowest BCUT2D eigenvalue weighted by Gasteiger charge is -2.33. The van der Waals surface area contributed by atoms with Gasteiger partial charge in [-0.25, -0.2) is 0 Å². The number of aromatic nitrogens is 1. The molecule has 3 aliphatic rings. The first kappa shape index (κ1) is 37.5. The van der Waals surface area contributed by atoms with Gasteiger partial charge in [0.05, 0.1) is 16.7 Å². The highest BCUT2D eigenvalue weighted by molar-refractivity contribution is 6.32. The molecule has 1 unspecified atom stereocenters. The van der Waals surface area contributed by atoms with Crippen LogP contribution in [0.2, 0.25) is 5.02 Å². The monoisotopic (exact) mass is 752 g/mol. The summed E-state index contributed by atoms with van der Waals surface area (Å²) >= 11 is 6.85. The molecule has 0 saturated carbocycles. The molecular weight excluding hydrogens is 708 g/mol. The van der Waals surface area contributed by atoms with Gasteiger partial charge in [-0.15, -0.1) is 0 Å². The first-order chi connectivity index (χ1) is 26.2. The molecule has 2 saturated heterocycles. The van der Waals surface area contributed by atoms with Gasteiger partial charge in [0.25, 0.3) is 0 Å². The number of aliphatic hydroxyl groups is 1. The number of piperidine rings is 1. The van der Waals surface area contributed by atoms with Crippen LogP contribution in [0.25, 0.3) is 11.1 Å². The van der Waals surface area contributed by atoms with Gasteiger partial charge >= 0.3 is 5.97 Å². The number of nitrogens with zero attached hydrogens (tertiary/aromatic N) is 4. The number of carbonyl (C=O) groups is 1. The third-order valence-corrected chi connectivity index (χ3v) is 10.8. The van der Waals surface area contributed by atoms with E-state index in [9.17, 15) is 20.3 Å². The average Bonchev–Trinajstić information content (AvgIpc) is 3.61. The zero-order chi connectivity index (χ0) is 37.6. The number of halogens is 1. The lowest BCUT2D eigenvalue weighted by Crippen LogP contribution is -2.44. The summed E-state index contributed by atoms with van der Waals surface area (Å²) in [5.74, 6) is 1.57. The van der Waals surface area contributed by atoms with Crippen LogP contribution in [-0.2, 0) is 24.6 Å². The molecule has 4 aromatic rings. The topological polar surface area (TPSA) is 138 Å². The van der Waals surface area contributed by atoms with Crippen LogP contribution in [0, 0.1) is 18.3 Å². The number of nitriles is 1. The van der Waals surface area contributed by atoms with Crippen molar-refractivity contribution in [3.8, 4) is 40.2 Å². The predicted octanol–water partition coefficient (Wildman–Crippen LogP) is 6.78. The Balaban J connectivity index is 1.07. The molecule has 0 spiro atoms. The summed E-state index contributed by atoms with van der Waals surface area (Å²) < 4.78 is 25.1. The van der Waals surface area contributed by atoms with E-state index >= 15 is 0 Å². The molecule has 282 valence electrons. The van der Waals surface area contributed by atoms with Crippen molar-refractivity contribution in [2.45, 2.75) is 77.0 Å². The standard InChI is InChI=1S/C42H45ClN4O7/c1-27-31(5-4-6-35(27)30-8-9-38-41(17-30)54-34(26-53-38)11-14-46-13-10-33(48)23-46)25-52-40-18-39(51-24-29-15-28(19-44)20-45-21-29)32(16-36(40)43)22-47-12-3-2-7-37(47)42(49)50/h4-6,8-9,15-18,20-21,33-34,37,48H,2-3,7,10-14,22-26H2,1H3,(H,49,50)/t33-,34?,37+/m1/s1. The molecule has 0 bridgehead atoms. The molecular formula is C42H45ClN4O7. The van der Waals surface area contributed by atoms with Gasteiger partial charge in [-0.2, -0.15) is 5.26 Å². The molecule has 3 aliphatic heterocycles. The Labute approximate surface area is 320 Å². The molecule has 1 aromatic heterocycles. The Morgan fingerprint density at radius 1 is 1.02 bits per heavy atom. The molecule has 0 radical (unpaired) electrons. The maximum atomic E-state index is 12.1. The average molecular weight is 753 g/mol. The Kier molecular flexibility index (Phi) is 11.8. The summed E-state index contributed by atoms with van der Waals surface area (Å²) in [7, 11) is 0. The van der Waals surface area contributed by atoms with Crippen molar-refractivity contribution in [2.75, 3.05) is 32.8 Å². The number of rotatable bonds is 13. The molecule has 0 amide bonds. The largest absolute Gasteiger partial charge is 0.488 e. The number of β-amino-alcohol motifs (C(OH)–C–C–N with tert-alkyl or cyclic N) is 1. The Morgan fingerprint density at radius 2 is 1.89 bits per heavy atom. The SMILES string of the molecule is Cc1c(COc2cc(OCc3cncc(C#N)c3)c(CN3CCCC[C@H]3C(=O)O)cc2Cl)cccc1-c1ccc2c(c1)OC(CCN1CC[C@@H](O)C1)CO2. The summed E-state index contributed by atoms with van der Waals surface area (Å²) in [5, 5.41) is 29.5. The van der Waals surface area contributed by atoms with Gasteiger partial charge in [0, 0.05) is 62.2 Å². The quantitative estimate of drug-likeness (QED) is 0.150. The Hall–Kier alpha value is -4.86. The number of pyridine rings is 1. The van der Waals surface area contributed by atoms with Crippen LogP contribution >= 0.6 is 11.6 Å². The molecule has 0 aliphatic carbocycles. The fourth-order valence-corrected chi connectivity index (χ4v) is 7.73. The lowest BCUT2D eigenvalue weighted by atomic mass is 9.96. The van der Waals surface area contributed by atoms with E-state index in [1.54, 1.807) is 24.4 Å². The second kappa shape index (κ2) is 17.1. The summed E-state index contributed by atoms with van der Waals surface area (Å²) in [6.45, 7) is 6.45. The van der Waals surface area contributed by atoms with Gasteiger partial charge in [-0.05, 0) is 79.3 Å². The van der Waals surface area contributed by atoms with E-state index < -0.39 is 12.0 Å². The van der Waals surface area contributed by atoms with E-state index in [4.69, 9.17) is 30.5 Å². The van der Waals surface area contributed by atoms with Crippen molar-refractivity contribution < 1.29 is 34.0 Å². The third kappa shape index (κ3) is 8.91. The molecule has 11 nitrogen and oxygen atoms in total. The van der Waals surface area contributed by atoms with Crippen molar-refractivity contribution >= 4 is 17.6 Å². The predicted molar refractivity (Wildman–Crippen MR) is 203 cm³/mol. The van der Waals surface area contributed by atoms with Crippen molar-refractivity contribution in [3.05, 3.63) is 99.8 Å². The first-order valence-electron chi connectivity index (χ1n) is 18.6. The minimum atomic E-state index is -0.837. The maximum Gasteiger partial charge on any atom is 0.320 e. The van der Waals surface area contributed by atoms with Crippen LogP contribution in [0.15, 0.2) is 67.0 Å². The van der Waals surface area contributed by atoms with Gasteiger partial charge in [-0.1, -0.05) is 42.3 Å². The third-order valence-electron chi connectivity index (χ3n) is 10.5. The molecule has 3 aromatic carbocycles. The van der Waals surface area contributed by atoms with E-state index in [-0.39, 0.29) is 25.4 Å². The summed E-state index contributed by atoms with van der Waals surface area (Å²) in [5.41, 5.74) is 5.99. The number of carboxylic acid groups (broad SMARTS) is 1. The molecule has 2 fully saturated rings. The molecule has 12 heteroatoms. The van der Waals surface area contributed by atoms with Crippen molar-refractivity contribution in [1.82, 2.24) is 14.8 Å². The molecule has 4 heterocycles. The number of ether oxygens (including phenoxy) is 4. The Morgan fingerprint density at radius 3 is 2.70 bits per heavy atom. The minimum absolute atomic E-state index is 0.0610. The van der Waals surface area contributed by atoms with E-state index in [0.29, 0.717) is 54.7 Å². The van der Waals surface area contributed by atoms with Gasteiger partial charge in [-0.3, -0.25) is 14.7 Å². The number of carboxylic acids is 1. The maximum absolute atomic E-state index is 12.1. The van der Waals surface area contributed by atoms with Crippen LogP contribution in [0.3, 0.4) is 0 Å². The van der Waals surface area contributed by atoms with Gasteiger partial charge in [0.1, 0.15) is 49.5 Å². The number of benzene rings is 3. The number of hydrogen-bond acceptors (Lipinski definition) is 10. The normalized spacial score (nSPS) is 20.0. The van der Waals surface area contributed by atoms with Crippen molar-refractivity contribution in [2.24, 2.45) is 0 Å². The van der Waals surface area contributed by atoms with Crippen LogP contribution in [0.5, 0.6) is 23.0 Å². The van der Waals surface area contributed by atoms with E-state index in [2.05, 4.69) is 28.9 Å². The number of aliphatic hydroxyl groups excluding tert-OH is 1. The zero-order valence-corrected chi connectivity index (χ0v) is 31.1. The van der Waals surface area contributed by atoms with Gasteiger partial charge < -0.3 is 34.1 Å². The fourth-order valence-electron chi connectivity index (χ4n) is 7.49. The van der Waals surface area contributed by atoms with Gasteiger partial charge in [0.15, 0.2) is 11.5 Å². The number of fused-ring (bicyclic) bond motifs is 1. The second-order valence-electron chi connectivity index (χ2n) is 14.3. The highest BCUT2D eigenvalue weighted by atomic mass is 35.5. The molecule has 54 heavy (non-hydrogen) atoms. The fraction of sp³-hybridized carbons (Fsp3) is 0.405. The second-order valence-corrected chi connectivity index (χ2v) is 14.7. The van der Waals surface area contributed by atoms with Crippen LogP contribution in [-0.4, -0.2) is 82.0 Å². The lowest BCUT2D eigenvalue weighted by molar-refractivity contribution is -0.144. The first-order valence-corrected chi connectivity index (χ1v) is 18.9. The molecule has 7 rings (SSSR count). The van der Waals surface area contributed by atoms with E-state index in [1.807, 2.05) is 35.2 Å². The van der Waals surface area contributed by atoms with Crippen molar-refractivity contribution in [3.63, 3.8) is 0 Å². The number of hydrogen-bond donors (Lipinski definition) is 2.